The van der Waals surface area contributed by atoms with Crippen LogP contribution in [0, 0.1) is 5.92 Å². The molecule has 1 fully saturated rings. The fraction of sp³-hybridized carbons (Fsp3) is 0.429. The van der Waals surface area contributed by atoms with Crippen LogP contribution in [0.2, 0.25) is 0 Å². The zero-order chi connectivity index (χ0) is 13.0. The number of rotatable bonds is 2. The minimum absolute atomic E-state index is 0.0214. The zero-order valence-corrected chi connectivity index (χ0v) is 10.5. The van der Waals surface area contributed by atoms with Crippen LogP contribution in [0.5, 0.6) is 5.75 Å². The Bertz CT molecular complexity index is 469. The summed E-state index contributed by atoms with van der Waals surface area (Å²) in [6.45, 7) is 2.13. The van der Waals surface area contributed by atoms with Crippen molar-refractivity contribution in [1.82, 2.24) is 5.43 Å². The van der Waals surface area contributed by atoms with E-state index in [4.69, 9.17) is 0 Å². The first-order chi connectivity index (χ1) is 8.68. The molecule has 1 aliphatic carbocycles. The zero-order valence-electron chi connectivity index (χ0n) is 10.5. The maximum Gasteiger partial charge on any atom is 0.275 e. The van der Waals surface area contributed by atoms with Crippen LogP contribution in [0.3, 0.4) is 0 Å². The lowest BCUT2D eigenvalue weighted by atomic mass is 9.89. The number of amides is 1. The number of phenols is 1. The first kappa shape index (κ1) is 12.6. The van der Waals surface area contributed by atoms with Gasteiger partial charge >= 0.3 is 0 Å². The summed E-state index contributed by atoms with van der Waals surface area (Å²) in [7, 11) is 0. The number of hydrogen-bond donors (Lipinski definition) is 2. The third kappa shape index (κ3) is 2.88. The van der Waals surface area contributed by atoms with Gasteiger partial charge in [0.05, 0.1) is 5.56 Å². The Hall–Kier alpha value is -1.84. The topological polar surface area (TPSA) is 61.7 Å². The highest BCUT2D eigenvalue weighted by Gasteiger charge is 2.16. The quantitative estimate of drug-likeness (QED) is 0.788. The van der Waals surface area contributed by atoms with Gasteiger partial charge in [-0.25, -0.2) is 5.43 Å². The fourth-order valence-electron chi connectivity index (χ4n) is 2.18. The molecule has 4 heteroatoms. The van der Waals surface area contributed by atoms with E-state index in [0.29, 0.717) is 5.92 Å². The molecule has 0 spiro atoms. The lowest BCUT2D eigenvalue weighted by Crippen LogP contribution is -2.24. The molecule has 1 aromatic rings. The first-order valence-electron chi connectivity index (χ1n) is 6.33. The van der Waals surface area contributed by atoms with Crippen molar-refractivity contribution in [3.63, 3.8) is 0 Å². The van der Waals surface area contributed by atoms with Crippen molar-refractivity contribution < 1.29 is 9.90 Å². The van der Waals surface area contributed by atoms with Crippen molar-refractivity contribution in [3.8, 4) is 5.75 Å². The highest BCUT2D eigenvalue weighted by molar-refractivity contribution is 5.98. The normalized spacial score (nSPS) is 21.8. The third-order valence-corrected chi connectivity index (χ3v) is 3.34. The second kappa shape index (κ2) is 5.67. The summed E-state index contributed by atoms with van der Waals surface area (Å²) in [5.74, 6) is 0.0497. The van der Waals surface area contributed by atoms with Crippen LogP contribution in [0.25, 0.3) is 0 Å². The van der Waals surface area contributed by atoms with Gasteiger partial charge in [0, 0.05) is 5.71 Å². The van der Waals surface area contributed by atoms with Gasteiger partial charge in [-0.15, -0.1) is 0 Å². The summed E-state index contributed by atoms with van der Waals surface area (Å²) in [5.41, 5.74) is 3.83. The predicted molar refractivity (Wildman–Crippen MR) is 70.6 cm³/mol. The second-order valence-corrected chi connectivity index (χ2v) is 4.71. The van der Waals surface area contributed by atoms with Crippen LogP contribution >= 0.6 is 0 Å². The molecule has 0 unspecified atom stereocenters. The number of aromatic hydroxyl groups is 1. The molecular formula is C14H18N2O2. The van der Waals surface area contributed by atoms with Gasteiger partial charge in [-0.2, -0.15) is 5.10 Å². The van der Waals surface area contributed by atoms with Gasteiger partial charge in [0.15, 0.2) is 0 Å². The molecule has 0 aliphatic heterocycles. The molecule has 2 rings (SSSR count). The Kier molecular flexibility index (Phi) is 3.97. The molecule has 0 saturated heterocycles. The minimum Gasteiger partial charge on any atom is -0.507 e. The van der Waals surface area contributed by atoms with Gasteiger partial charge in [-0.05, 0) is 37.3 Å². The molecule has 1 aromatic carbocycles. The van der Waals surface area contributed by atoms with E-state index < -0.39 is 0 Å². The highest BCUT2D eigenvalue weighted by Crippen LogP contribution is 2.21. The average molecular weight is 246 g/mol. The Labute approximate surface area is 107 Å². The summed E-state index contributed by atoms with van der Waals surface area (Å²) >= 11 is 0. The largest absolute Gasteiger partial charge is 0.507 e. The summed E-state index contributed by atoms with van der Waals surface area (Å²) < 4.78 is 0. The van der Waals surface area contributed by atoms with Gasteiger partial charge < -0.3 is 5.11 Å². The SMILES string of the molecule is C[C@H]1CCCC/C1=N/NC(=O)c1ccccc1O. The van der Waals surface area contributed by atoms with Gasteiger partial charge in [0.2, 0.25) is 0 Å². The maximum atomic E-state index is 11.8. The molecule has 4 nitrogen and oxygen atoms in total. The van der Waals surface area contributed by atoms with Crippen molar-refractivity contribution in [2.24, 2.45) is 11.0 Å². The Morgan fingerprint density at radius 1 is 1.39 bits per heavy atom. The van der Waals surface area contributed by atoms with Crippen LogP contribution in [0.1, 0.15) is 43.0 Å². The van der Waals surface area contributed by atoms with E-state index in [1.165, 1.54) is 12.5 Å². The molecule has 0 aromatic heterocycles. The van der Waals surface area contributed by atoms with Crippen molar-refractivity contribution in [3.05, 3.63) is 29.8 Å². The molecule has 1 amide bonds. The van der Waals surface area contributed by atoms with Gasteiger partial charge in [0.1, 0.15) is 5.75 Å². The summed E-state index contributed by atoms with van der Waals surface area (Å²) in [5, 5.41) is 13.7. The van der Waals surface area contributed by atoms with E-state index in [1.54, 1.807) is 18.2 Å². The average Bonchev–Trinajstić information content (AvgIpc) is 2.38. The van der Waals surface area contributed by atoms with E-state index in [9.17, 15) is 9.90 Å². The summed E-state index contributed by atoms with van der Waals surface area (Å²) in [6, 6.07) is 6.46. The van der Waals surface area contributed by atoms with E-state index in [2.05, 4.69) is 17.5 Å². The maximum absolute atomic E-state index is 11.8. The number of para-hydroxylation sites is 1. The Morgan fingerprint density at radius 2 is 2.17 bits per heavy atom. The molecular weight excluding hydrogens is 228 g/mol. The number of benzene rings is 1. The molecule has 0 radical (unpaired) electrons. The van der Waals surface area contributed by atoms with E-state index in [0.717, 1.165) is 25.0 Å². The van der Waals surface area contributed by atoms with Crippen LogP contribution in [-0.2, 0) is 0 Å². The third-order valence-electron chi connectivity index (χ3n) is 3.34. The number of phenolic OH excluding ortho intramolecular Hbond substituents is 1. The van der Waals surface area contributed by atoms with Gasteiger partial charge in [-0.1, -0.05) is 25.5 Å². The van der Waals surface area contributed by atoms with Crippen molar-refractivity contribution in [2.45, 2.75) is 32.6 Å². The molecule has 2 N–H and O–H groups in total. The fourth-order valence-corrected chi connectivity index (χ4v) is 2.18. The molecule has 1 aliphatic rings. The van der Waals surface area contributed by atoms with Crippen LogP contribution < -0.4 is 5.43 Å². The number of carbonyl (C=O) groups is 1. The Balaban J connectivity index is 2.04. The lowest BCUT2D eigenvalue weighted by molar-refractivity contribution is 0.0951. The van der Waals surface area contributed by atoms with E-state index >= 15 is 0 Å². The molecule has 0 bridgehead atoms. The van der Waals surface area contributed by atoms with Crippen LogP contribution in [-0.4, -0.2) is 16.7 Å². The molecule has 1 atom stereocenters. The predicted octanol–water partition coefficient (Wildman–Crippen LogP) is 2.69. The number of nitrogens with one attached hydrogen (secondary N) is 1. The van der Waals surface area contributed by atoms with E-state index in [-0.39, 0.29) is 17.2 Å². The number of hydrogen-bond acceptors (Lipinski definition) is 3. The van der Waals surface area contributed by atoms with Gasteiger partial charge in [0.25, 0.3) is 5.91 Å². The van der Waals surface area contributed by atoms with Crippen molar-refractivity contribution in [1.29, 1.82) is 0 Å². The molecule has 96 valence electrons. The van der Waals surface area contributed by atoms with E-state index in [1.807, 2.05) is 0 Å². The van der Waals surface area contributed by atoms with Crippen molar-refractivity contribution in [2.75, 3.05) is 0 Å². The standard InChI is InChI=1S/C14H18N2O2/c1-10-6-2-4-8-12(10)15-16-14(18)11-7-3-5-9-13(11)17/h3,5,7,9-10,17H,2,4,6,8H2,1H3,(H,16,18)/b15-12-/t10-/m0/s1. The second-order valence-electron chi connectivity index (χ2n) is 4.71. The monoisotopic (exact) mass is 246 g/mol. The van der Waals surface area contributed by atoms with Gasteiger partial charge in [-0.3, -0.25) is 4.79 Å². The lowest BCUT2D eigenvalue weighted by Gasteiger charge is -2.19. The summed E-state index contributed by atoms with van der Waals surface area (Å²) in [6.07, 6.45) is 4.44. The first-order valence-corrected chi connectivity index (χ1v) is 6.33. The number of hydrazone groups is 1. The highest BCUT2D eigenvalue weighted by atomic mass is 16.3. The minimum atomic E-state index is -0.363. The summed E-state index contributed by atoms with van der Waals surface area (Å²) in [4.78, 5) is 11.8. The number of carbonyl (C=O) groups excluding carboxylic acids is 1. The number of nitrogens with zero attached hydrogens (tertiary/aromatic N) is 1. The Morgan fingerprint density at radius 3 is 2.89 bits per heavy atom. The molecule has 0 heterocycles. The van der Waals surface area contributed by atoms with Crippen LogP contribution in [0.15, 0.2) is 29.4 Å². The molecule has 18 heavy (non-hydrogen) atoms. The van der Waals surface area contributed by atoms with Crippen molar-refractivity contribution >= 4 is 11.6 Å². The molecule has 1 saturated carbocycles. The van der Waals surface area contributed by atoms with Crippen LogP contribution in [0.4, 0.5) is 0 Å². The smallest absolute Gasteiger partial charge is 0.275 e.